The predicted molar refractivity (Wildman–Crippen MR) is 81.0 cm³/mol. The molecule has 1 aliphatic rings. The molecular weight excluding hydrogens is 266 g/mol. The molecule has 1 aromatic rings. The van der Waals surface area contributed by atoms with E-state index in [1.807, 2.05) is 19.1 Å². The third-order valence-corrected chi connectivity index (χ3v) is 3.84. The van der Waals surface area contributed by atoms with E-state index in [9.17, 15) is 9.59 Å². The second kappa shape index (κ2) is 6.74. The first-order valence-electron chi connectivity index (χ1n) is 7.47. The van der Waals surface area contributed by atoms with Gasteiger partial charge in [0.15, 0.2) is 6.61 Å². The lowest BCUT2D eigenvalue weighted by molar-refractivity contribution is -0.137. The molecule has 2 unspecified atom stereocenters. The number of benzene rings is 1. The van der Waals surface area contributed by atoms with Gasteiger partial charge in [0.05, 0.1) is 5.56 Å². The number of hydrogen-bond acceptors (Lipinski definition) is 3. The van der Waals surface area contributed by atoms with Crippen molar-refractivity contribution in [3.8, 4) is 0 Å². The molecule has 4 nitrogen and oxygen atoms in total. The van der Waals surface area contributed by atoms with Gasteiger partial charge >= 0.3 is 5.97 Å². The van der Waals surface area contributed by atoms with Crippen LogP contribution in [0.4, 0.5) is 0 Å². The second-order valence-electron chi connectivity index (χ2n) is 6.19. The molecule has 0 N–H and O–H groups in total. The molecule has 2 rings (SSSR count). The smallest absolute Gasteiger partial charge is 0.338 e. The predicted octanol–water partition coefficient (Wildman–Crippen LogP) is 2.66. The fourth-order valence-electron chi connectivity index (χ4n) is 2.86. The highest BCUT2D eigenvalue weighted by atomic mass is 16.5. The molecule has 0 radical (unpaired) electrons. The van der Waals surface area contributed by atoms with Gasteiger partial charge in [0.1, 0.15) is 0 Å². The van der Waals surface area contributed by atoms with Crippen molar-refractivity contribution in [3.63, 3.8) is 0 Å². The van der Waals surface area contributed by atoms with Gasteiger partial charge < -0.3 is 9.64 Å². The van der Waals surface area contributed by atoms with E-state index < -0.39 is 5.97 Å². The average molecular weight is 289 g/mol. The normalized spacial score (nSPS) is 22.0. The standard InChI is InChI=1S/C17H23NO3/c1-12-4-6-15(7-5-12)17(20)21-11-16(19)18-9-13(2)8-14(3)10-18/h4-7,13-14H,8-11H2,1-3H3. The van der Waals surface area contributed by atoms with Crippen molar-refractivity contribution in [1.82, 2.24) is 4.90 Å². The van der Waals surface area contributed by atoms with E-state index in [0.717, 1.165) is 25.1 Å². The van der Waals surface area contributed by atoms with E-state index in [1.54, 1.807) is 17.0 Å². The minimum absolute atomic E-state index is 0.103. The maximum absolute atomic E-state index is 12.1. The summed E-state index contributed by atoms with van der Waals surface area (Å²) in [5.74, 6) is 0.464. The van der Waals surface area contributed by atoms with Crippen LogP contribution in [0.3, 0.4) is 0 Å². The van der Waals surface area contributed by atoms with Gasteiger partial charge in [-0.15, -0.1) is 0 Å². The van der Waals surface area contributed by atoms with Gasteiger partial charge in [0, 0.05) is 13.1 Å². The Bertz CT molecular complexity index is 499. The number of likely N-dealkylation sites (tertiary alicyclic amines) is 1. The van der Waals surface area contributed by atoms with Crippen molar-refractivity contribution in [2.45, 2.75) is 27.2 Å². The Balaban J connectivity index is 1.86. The molecule has 0 bridgehead atoms. The molecule has 1 amide bonds. The van der Waals surface area contributed by atoms with E-state index in [2.05, 4.69) is 13.8 Å². The second-order valence-corrected chi connectivity index (χ2v) is 6.19. The number of rotatable bonds is 3. The van der Waals surface area contributed by atoms with E-state index in [4.69, 9.17) is 4.74 Å². The van der Waals surface area contributed by atoms with Crippen LogP contribution in [0.15, 0.2) is 24.3 Å². The molecule has 1 aliphatic heterocycles. The number of amides is 1. The summed E-state index contributed by atoms with van der Waals surface area (Å²) >= 11 is 0. The maximum atomic E-state index is 12.1. The third-order valence-electron chi connectivity index (χ3n) is 3.84. The molecule has 4 heteroatoms. The minimum Gasteiger partial charge on any atom is -0.452 e. The van der Waals surface area contributed by atoms with Crippen LogP contribution in [-0.4, -0.2) is 36.5 Å². The Morgan fingerprint density at radius 1 is 1.14 bits per heavy atom. The summed E-state index contributed by atoms with van der Waals surface area (Å²) < 4.78 is 5.12. The molecule has 114 valence electrons. The Labute approximate surface area is 126 Å². The van der Waals surface area contributed by atoms with E-state index in [0.29, 0.717) is 17.4 Å². The largest absolute Gasteiger partial charge is 0.452 e. The summed E-state index contributed by atoms with van der Waals surface area (Å²) in [5, 5.41) is 0. The van der Waals surface area contributed by atoms with Crippen molar-refractivity contribution in [3.05, 3.63) is 35.4 Å². The Kier molecular flexibility index (Phi) is 4.99. The van der Waals surface area contributed by atoms with Gasteiger partial charge in [0.25, 0.3) is 5.91 Å². The Morgan fingerprint density at radius 3 is 2.29 bits per heavy atom. The number of hydrogen-bond donors (Lipinski definition) is 0. The van der Waals surface area contributed by atoms with Crippen molar-refractivity contribution < 1.29 is 14.3 Å². The third kappa shape index (κ3) is 4.31. The summed E-state index contributed by atoms with van der Waals surface area (Å²) in [7, 11) is 0. The number of esters is 1. The van der Waals surface area contributed by atoms with E-state index in [-0.39, 0.29) is 12.5 Å². The zero-order valence-electron chi connectivity index (χ0n) is 13.0. The van der Waals surface area contributed by atoms with Gasteiger partial charge in [-0.05, 0) is 37.3 Å². The molecule has 1 aromatic carbocycles. The fraction of sp³-hybridized carbons (Fsp3) is 0.529. The Morgan fingerprint density at radius 2 is 1.71 bits per heavy atom. The summed E-state index contributed by atoms with van der Waals surface area (Å²) in [5.41, 5.74) is 1.56. The molecular formula is C17H23NO3. The lowest BCUT2D eigenvalue weighted by Gasteiger charge is -2.34. The molecule has 21 heavy (non-hydrogen) atoms. The summed E-state index contributed by atoms with van der Waals surface area (Å²) in [4.78, 5) is 25.8. The lowest BCUT2D eigenvalue weighted by atomic mass is 9.92. The van der Waals surface area contributed by atoms with Crippen LogP contribution in [0.5, 0.6) is 0 Å². The highest BCUT2D eigenvalue weighted by Crippen LogP contribution is 2.20. The van der Waals surface area contributed by atoms with Gasteiger partial charge in [-0.1, -0.05) is 31.5 Å². The van der Waals surface area contributed by atoms with Crippen molar-refractivity contribution in [2.24, 2.45) is 11.8 Å². The molecule has 0 aromatic heterocycles. The quantitative estimate of drug-likeness (QED) is 0.804. The zero-order chi connectivity index (χ0) is 15.4. The highest BCUT2D eigenvalue weighted by molar-refractivity contribution is 5.91. The summed E-state index contributed by atoms with van der Waals surface area (Å²) in [6, 6.07) is 7.14. The molecule has 0 aliphatic carbocycles. The van der Waals surface area contributed by atoms with Crippen molar-refractivity contribution in [1.29, 1.82) is 0 Å². The monoisotopic (exact) mass is 289 g/mol. The van der Waals surface area contributed by atoms with Crippen LogP contribution in [0.2, 0.25) is 0 Å². The molecule has 1 fully saturated rings. The summed E-state index contributed by atoms with van der Waals surface area (Å²) in [6.45, 7) is 7.59. The molecule has 1 saturated heterocycles. The van der Waals surface area contributed by atoms with Crippen LogP contribution in [0.1, 0.15) is 36.2 Å². The summed E-state index contributed by atoms with van der Waals surface area (Å²) in [6.07, 6.45) is 1.15. The Hall–Kier alpha value is -1.84. The molecule has 2 atom stereocenters. The SMILES string of the molecule is Cc1ccc(C(=O)OCC(=O)N2CC(C)CC(C)C2)cc1. The highest BCUT2D eigenvalue weighted by Gasteiger charge is 2.25. The van der Waals surface area contributed by atoms with Gasteiger partial charge in [-0.3, -0.25) is 4.79 Å². The van der Waals surface area contributed by atoms with Crippen molar-refractivity contribution in [2.75, 3.05) is 19.7 Å². The topological polar surface area (TPSA) is 46.6 Å². The van der Waals surface area contributed by atoms with Crippen LogP contribution in [-0.2, 0) is 9.53 Å². The lowest BCUT2D eigenvalue weighted by Crippen LogP contribution is -2.44. The van der Waals surface area contributed by atoms with Crippen molar-refractivity contribution >= 4 is 11.9 Å². The van der Waals surface area contributed by atoms with Gasteiger partial charge in [-0.2, -0.15) is 0 Å². The van der Waals surface area contributed by atoms with E-state index in [1.165, 1.54) is 0 Å². The number of carbonyl (C=O) groups is 2. The number of piperidine rings is 1. The first-order chi connectivity index (χ1) is 9.95. The number of carbonyl (C=O) groups excluding carboxylic acids is 2. The minimum atomic E-state index is -0.443. The van der Waals surface area contributed by atoms with Crippen LogP contribution < -0.4 is 0 Å². The van der Waals surface area contributed by atoms with Gasteiger partial charge in [-0.25, -0.2) is 4.79 Å². The maximum Gasteiger partial charge on any atom is 0.338 e. The van der Waals surface area contributed by atoms with Crippen LogP contribution in [0, 0.1) is 18.8 Å². The number of nitrogens with zero attached hydrogens (tertiary/aromatic N) is 1. The first kappa shape index (κ1) is 15.5. The zero-order valence-corrected chi connectivity index (χ0v) is 13.0. The van der Waals surface area contributed by atoms with Crippen LogP contribution >= 0.6 is 0 Å². The van der Waals surface area contributed by atoms with Gasteiger partial charge in [0.2, 0.25) is 0 Å². The fourth-order valence-corrected chi connectivity index (χ4v) is 2.86. The molecule has 0 spiro atoms. The average Bonchev–Trinajstić information content (AvgIpc) is 2.44. The van der Waals surface area contributed by atoms with E-state index >= 15 is 0 Å². The molecule has 1 heterocycles. The van der Waals surface area contributed by atoms with Crippen LogP contribution in [0.25, 0.3) is 0 Å². The number of ether oxygens (including phenoxy) is 1. The first-order valence-corrected chi connectivity index (χ1v) is 7.47. The molecule has 0 saturated carbocycles. The number of aryl methyl sites for hydroxylation is 1.